The molecule has 0 fully saturated rings. The summed E-state index contributed by atoms with van der Waals surface area (Å²) in [6, 6.07) is 13.0. The molecule has 0 aliphatic carbocycles. The van der Waals surface area contributed by atoms with Crippen molar-refractivity contribution in [3.05, 3.63) is 59.2 Å². The number of Topliss-reactive ketones (excluding diaryl/α,β-unsaturated/α-hetero) is 1. The molecule has 142 valence electrons. The average Bonchev–Trinajstić information content (AvgIpc) is 2.71. The fraction of sp³-hybridized carbons (Fsp3) is 0.333. The Bertz CT molecular complexity index is 801. The zero-order chi connectivity index (χ0) is 19.1. The predicted molar refractivity (Wildman–Crippen MR) is 100.0 cm³/mol. The minimum absolute atomic E-state index is 0.0916. The van der Waals surface area contributed by atoms with Crippen molar-refractivity contribution in [3.8, 4) is 11.5 Å². The van der Waals surface area contributed by atoms with Crippen molar-refractivity contribution in [2.45, 2.75) is 26.0 Å². The van der Waals surface area contributed by atoms with Gasteiger partial charge >= 0.3 is 0 Å². The van der Waals surface area contributed by atoms with Crippen LogP contribution in [0.2, 0.25) is 0 Å². The summed E-state index contributed by atoms with van der Waals surface area (Å²) < 4.78 is 16.0. The first-order valence-corrected chi connectivity index (χ1v) is 8.92. The van der Waals surface area contributed by atoms with E-state index < -0.39 is 0 Å². The van der Waals surface area contributed by atoms with Gasteiger partial charge in [0.1, 0.15) is 13.2 Å². The highest BCUT2D eigenvalue weighted by molar-refractivity contribution is 5.98. The number of ketones is 1. The number of benzene rings is 2. The lowest BCUT2D eigenvalue weighted by Gasteiger charge is -2.18. The molecule has 0 bridgehead atoms. The Hall–Kier alpha value is -2.86. The summed E-state index contributed by atoms with van der Waals surface area (Å²) in [5.41, 5.74) is 2.61. The monoisotopic (exact) mass is 369 g/mol. The fourth-order valence-electron chi connectivity index (χ4n) is 2.80. The third kappa shape index (κ3) is 5.31. The third-order valence-electron chi connectivity index (χ3n) is 4.27. The number of nitrogens with one attached hydrogen (secondary N) is 1. The Balaban J connectivity index is 1.45. The number of ether oxygens (including phenoxy) is 3. The number of hydrogen-bond acceptors (Lipinski definition) is 5. The molecule has 2 aromatic rings. The number of methoxy groups -OCH3 is 1. The van der Waals surface area contributed by atoms with Crippen LogP contribution in [0, 0.1) is 0 Å². The second-order valence-electron chi connectivity index (χ2n) is 6.31. The van der Waals surface area contributed by atoms with Gasteiger partial charge in [-0.05, 0) is 29.3 Å². The van der Waals surface area contributed by atoms with Crippen molar-refractivity contribution in [2.24, 2.45) is 0 Å². The third-order valence-corrected chi connectivity index (χ3v) is 4.27. The van der Waals surface area contributed by atoms with Crippen LogP contribution in [0.3, 0.4) is 0 Å². The Kier molecular flexibility index (Phi) is 6.44. The first-order chi connectivity index (χ1) is 13.2. The maximum atomic E-state index is 12.3. The maximum Gasteiger partial charge on any atom is 0.220 e. The molecule has 0 saturated heterocycles. The van der Waals surface area contributed by atoms with Gasteiger partial charge in [-0.15, -0.1) is 0 Å². The molecule has 1 aliphatic rings. The van der Waals surface area contributed by atoms with E-state index in [0.717, 1.165) is 11.1 Å². The van der Waals surface area contributed by atoms with Crippen molar-refractivity contribution >= 4 is 11.7 Å². The van der Waals surface area contributed by atoms with Gasteiger partial charge in [0, 0.05) is 32.1 Å². The second-order valence-corrected chi connectivity index (χ2v) is 6.31. The SMILES string of the molecule is COCc1ccc(CNC(=O)CCC(=O)c2ccc3c(c2)OCCO3)cc1. The molecule has 0 atom stereocenters. The van der Waals surface area contributed by atoms with Crippen LogP contribution in [-0.2, 0) is 22.7 Å². The largest absolute Gasteiger partial charge is 0.486 e. The van der Waals surface area contributed by atoms with E-state index in [1.54, 1.807) is 25.3 Å². The van der Waals surface area contributed by atoms with Crippen molar-refractivity contribution in [3.63, 3.8) is 0 Å². The fourth-order valence-corrected chi connectivity index (χ4v) is 2.80. The Labute approximate surface area is 158 Å². The summed E-state index contributed by atoms with van der Waals surface area (Å²) in [5, 5.41) is 2.84. The number of carbonyl (C=O) groups excluding carboxylic acids is 2. The topological polar surface area (TPSA) is 73.9 Å². The Morgan fingerprint density at radius 2 is 1.67 bits per heavy atom. The van der Waals surface area contributed by atoms with E-state index in [1.165, 1.54) is 0 Å². The van der Waals surface area contributed by atoms with Crippen molar-refractivity contribution in [2.75, 3.05) is 20.3 Å². The summed E-state index contributed by atoms with van der Waals surface area (Å²) in [6.45, 7) is 1.98. The molecule has 6 nitrogen and oxygen atoms in total. The summed E-state index contributed by atoms with van der Waals surface area (Å²) in [5.74, 6) is 0.980. The Morgan fingerprint density at radius 3 is 2.41 bits per heavy atom. The lowest BCUT2D eigenvalue weighted by Crippen LogP contribution is -2.23. The minimum atomic E-state index is -0.151. The highest BCUT2D eigenvalue weighted by atomic mass is 16.6. The molecule has 3 rings (SSSR count). The molecule has 27 heavy (non-hydrogen) atoms. The zero-order valence-corrected chi connectivity index (χ0v) is 15.3. The number of carbonyl (C=O) groups is 2. The highest BCUT2D eigenvalue weighted by Gasteiger charge is 2.15. The Morgan fingerprint density at radius 1 is 0.963 bits per heavy atom. The molecule has 1 N–H and O–H groups in total. The quantitative estimate of drug-likeness (QED) is 0.725. The number of rotatable bonds is 8. The van der Waals surface area contributed by atoms with Crippen molar-refractivity contribution in [1.82, 2.24) is 5.32 Å². The normalized spacial score (nSPS) is 12.5. The number of hydrogen-bond donors (Lipinski definition) is 1. The van der Waals surface area contributed by atoms with E-state index in [2.05, 4.69) is 5.32 Å². The number of fused-ring (bicyclic) bond motifs is 1. The van der Waals surface area contributed by atoms with Crippen LogP contribution >= 0.6 is 0 Å². The van der Waals surface area contributed by atoms with Crippen LogP contribution in [0.15, 0.2) is 42.5 Å². The summed E-state index contributed by atoms with van der Waals surface area (Å²) >= 11 is 0. The smallest absolute Gasteiger partial charge is 0.220 e. The zero-order valence-electron chi connectivity index (χ0n) is 15.3. The van der Waals surface area contributed by atoms with E-state index >= 15 is 0 Å². The molecular weight excluding hydrogens is 346 g/mol. The van der Waals surface area contributed by atoms with Gasteiger partial charge in [-0.1, -0.05) is 24.3 Å². The van der Waals surface area contributed by atoms with Gasteiger partial charge in [0.2, 0.25) is 5.91 Å². The van der Waals surface area contributed by atoms with Crippen LogP contribution in [-0.4, -0.2) is 32.0 Å². The molecule has 0 aromatic heterocycles. The van der Waals surface area contributed by atoms with Crippen LogP contribution in [0.1, 0.15) is 34.3 Å². The van der Waals surface area contributed by atoms with Gasteiger partial charge < -0.3 is 19.5 Å². The molecule has 0 unspecified atom stereocenters. The molecular formula is C21H23NO5. The van der Waals surface area contributed by atoms with Gasteiger partial charge in [-0.25, -0.2) is 0 Å². The van der Waals surface area contributed by atoms with Crippen molar-refractivity contribution < 1.29 is 23.8 Å². The minimum Gasteiger partial charge on any atom is -0.486 e. The highest BCUT2D eigenvalue weighted by Crippen LogP contribution is 2.31. The number of amides is 1. The van der Waals surface area contributed by atoms with E-state index in [-0.39, 0.29) is 24.5 Å². The van der Waals surface area contributed by atoms with Gasteiger partial charge in [0.15, 0.2) is 17.3 Å². The van der Waals surface area contributed by atoms with Gasteiger partial charge in [0.25, 0.3) is 0 Å². The van der Waals surface area contributed by atoms with E-state index in [0.29, 0.717) is 43.4 Å². The van der Waals surface area contributed by atoms with Gasteiger partial charge in [-0.3, -0.25) is 9.59 Å². The molecule has 0 radical (unpaired) electrons. The van der Waals surface area contributed by atoms with E-state index in [1.807, 2.05) is 24.3 Å². The van der Waals surface area contributed by atoms with E-state index in [9.17, 15) is 9.59 Å². The molecule has 1 aliphatic heterocycles. The molecule has 2 aromatic carbocycles. The summed E-state index contributed by atoms with van der Waals surface area (Å²) in [4.78, 5) is 24.3. The first kappa shape index (κ1) is 18.9. The predicted octanol–water partition coefficient (Wildman–Crippen LogP) is 2.88. The van der Waals surface area contributed by atoms with Crippen LogP contribution in [0.25, 0.3) is 0 Å². The van der Waals surface area contributed by atoms with Gasteiger partial charge in [-0.2, -0.15) is 0 Å². The summed E-state index contributed by atoms with van der Waals surface area (Å²) in [6.07, 6.45) is 0.299. The molecule has 1 heterocycles. The first-order valence-electron chi connectivity index (χ1n) is 8.92. The standard InChI is InChI=1S/C21H23NO5/c1-25-14-16-4-2-15(3-5-16)13-22-21(24)9-7-18(23)17-6-8-19-20(12-17)27-11-10-26-19/h2-6,8,12H,7,9-11,13-14H2,1H3,(H,22,24). The lowest BCUT2D eigenvalue weighted by molar-refractivity contribution is -0.121. The van der Waals surface area contributed by atoms with Crippen LogP contribution in [0.5, 0.6) is 11.5 Å². The van der Waals surface area contributed by atoms with E-state index in [4.69, 9.17) is 14.2 Å². The lowest BCUT2D eigenvalue weighted by atomic mass is 10.1. The molecule has 0 spiro atoms. The molecule has 1 amide bonds. The maximum absolute atomic E-state index is 12.3. The van der Waals surface area contributed by atoms with Crippen molar-refractivity contribution in [1.29, 1.82) is 0 Å². The van der Waals surface area contributed by atoms with Crippen LogP contribution in [0.4, 0.5) is 0 Å². The second kappa shape index (κ2) is 9.19. The molecule has 0 saturated carbocycles. The van der Waals surface area contributed by atoms with Gasteiger partial charge in [0.05, 0.1) is 6.61 Å². The van der Waals surface area contributed by atoms with Crippen LogP contribution < -0.4 is 14.8 Å². The molecule has 6 heteroatoms. The average molecular weight is 369 g/mol. The summed E-state index contributed by atoms with van der Waals surface area (Å²) in [7, 11) is 1.65.